The summed E-state index contributed by atoms with van der Waals surface area (Å²) in [5, 5.41) is 4.00. The Morgan fingerprint density at radius 2 is 1.75 bits per heavy atom. The Morgan fingerprint density at radius 3 is 2.57 bits per heavy atom. The van der Waals surface area contributed by atoms with E-state index in [2.05, 4.69) is 10.5 Å². The smallest absolute Gasteiger partial charge is 0.277 e. The fourth-order valence-corrected chi connectivity index (χ4v) is 2.51. The Hall–Kier alpha value is -3.60. The van der Waals surface area contributed by atoms with Crippen LogP contribution in [0.1, 0.15) is 16.7 Å². The molecule has 1 N–H and O–H groups in total. The zero-order chi connectivity index (χ0) is 19.6. The summed E-state index contributed by atoms with van der Waals surface area (Å²) < 4.78 is 11.3. The highest BCUT2D eigenvalue weighted by Crippen LogP contribution is 2.17. The minimum atomic E-state index is -0.333. The molecule has 0 saturated heterocycles. The summed E-state index contributed by atoms with van der Waals surface area (Å²) >= 11 is 0. The van der Waals surface area contributed by atoms with Crippen molar-refractivity contribution in [1.29, 1.82) is 0 Å². The molecule has 0 radical (unpaired) electrons. The highest BCUT2D eigenvalue weighted by Gasteiger charge is 2.03. The molecule has 5 nitrogen and oxygen atoms in total. The predicted molar refractivity (Wildman–Crippen MR) is 110 cm³/mol. The minimum absolute atomic E-state index is 0.104. The van der Waals surface area contributed by atoms with Gasteiger partial charge < -0.3 is 9.47 Å². The van der Waals surface area contributed by atoms with Gasteiger partial charge in [-0.2, -0.15) is 5.10 Å². The van der Waals surface area contributed by atoms with E-state index in [9.17, 15) is 4.79 Å². The van der Waals surface area contributed by atoms with Gasteiger partial charge in [0.1, 0.15) is 18.1 Å². The summed E-state index contributed by atoms with van der Waals surface area (Å²) in [6.07, 6.45) is 1.56. The molecule has 1 amide bonds. The number of rotatable bonds is 8. The molecule has 0 heterocycles. The number of carbonyl (C=O) groups is 1. The van der Waals surface area contributed by atoms with Crippen molar-refractivity contribution in [2.75, 3.05) is 6.61 Å². The number of carbonyl (C=O) groups excluding carboxylic acids is 1. The first-order valence-electron chi connectivity index (χ1n) is 8.98. The molecule has 0 bridgehead atoms. The third-order valence-corrected chi connectivity index (χ3v) is 3.91. The van der Waals surface area contributed by atoms with Crippen molar-refractivity contribution in [2.45, 2.75) is 13.5 Å². The lowest BCUT2D eigenvalue weighted by Gasteiger charge is -2.09. The molecule has 3 rings (SSSR count). The topological polar surface area (TPSA) is 59.9 Å². The second kappa shape index (κ2) is 9.92. The highest BCUT2D eigenvalue weighted by atomic mass is 16.5. The first kappa shape index (κ1) is 19.2. The summed E-state index contributed by atoms with van der Waals surface area (Å²) in [4.78, 5) is 11.9. The van der Waals surface area contributed by atoms with Crippen molar-refractivity contribution in [3.8, 4) is 11.5 Å². The molecule has 0 fully saturated rings. The van der Waals surface area contributed by atoms with Crippen LogP contribution in [0, 0.1) is 6.92 Å². The summed E-state index contributed by atoms with van der Waals surface area (Å²) in [6.45, 7) is 2.32. The Labute approximate surface area is 164 Å². The number of ether oxygens (including phenoxy) is 2. The van der Waals surface area contributed by atoms with Crippen molar-refractivity contribution in [3.05, 3.63) is 95.6 Å². The number of nitrogens with one attached hydrogen (secondary N) is 1. The van der Waals surface area contributed by atoms with Gasteiger partial charge in [0.15, 0.2) is 6.61 Å². The van der Waals surface area contributed by atoms with Crippen LogP contribution in [0.4, 0.5) is 0 Å². The standard InChI is InChI=1S/C23H22N2O3/c1-18-8-7-12-21(14-18)27-17-23(26)25-24-15-20-11-5-6-13-22(20)28-16-19-9-3-2-4-10-19/h2-15H,16-17H2,1H3,(H,25,26)/b24-15+. The maximum absolute atomic E-state index is 11.9. The van der Waals surface area contributed by atoms with E-state index in [4.69, 9.17) is 9.47 Å². The number of amides is 1. The van der Waals surface area contributed by atoms with E-state index in [1.807, 2.05) is 85.8 Å². The van der Waals surface area contributed by atoms with Crippen LogP contribution >= 0.6 is 0 Å². The van der Waals surface area contributed by atoms with Gasteiger partial charge in [-0.25, -0.2) is 5.43 Å². The van der Waals surface area contributed by atoms with Crippen LogP contribution < -0.4 is 14.9 Å². The minimum Gasteiger partial charge on any atom is -0.488 e. The van der Waals surface area contributed by atoms with Gasteiger partial charge in [0.05, 0.1) is 6.21 Å². The fourth-order valence-electron chi connectivity index (χ4n) is 2.51. The second-order valence-electron chi connectivity index (χ2n) is 6.21. The van der Waals surface area contributed by atoms with Crippen LogP contribution in [0.15, 0.2) is 84.0 Å². The molecule has 142 valence electrons. The highest BCUT2D eigenvalue weighted by molar-refractivity contribution is 5.85. The van der Waals surface area contributed by atoms with Crippen molar-refractivity contribution < 1.29 is 14.3 Å². The molecule has 0 aliphatic heterocycles. The van der Waals surface area contributed by atoms with Gasteiger partial charge in [0.2, 0.25) is 0 Å². The Morgan fingerprint density at radius 1 is 0.964 bits per heavy atom. The first-order chi connectivity index (χ1) is 13.7. The van der Waals surface area contributed by atoms with Gasteiger partial charge in [-0.15, -0.1) is 0 Å². The van der Waals surface area contributed by atoms with Crippen molar-refractivity contribution >= 4 is 12.1 Å². The average molecular weight is 374 g/mol. The van der Waals surface area contributed by atoms with Crippen LogP contribution in [0.5, 0.6) is 11.5 Å². The molecule has 0 aliphatic rings. The molecule has 0 spiro atoms. The molecule has 0 saturated carbocycles. The van der Waals surface area contributed by atoms with Crippen molar-refractivity contribution in [2.24, 2.45) is 5.10 Å². The molecular weight excluding hydrogens is 352 g/mol. The van der Waals surface area contributed by atoms with Gasteiger partial charge >= 0.3 is 0 Å². The van der Waals surface area contributed by atoms with Gasteiger partial charge in [-0.3, -0.25) is 4.79 Å². The van der Waals surface area contributed by atoms with E-state index in [1.54, 1.807) is 6.21 Å². The molecule has 3 aromatic carbocycles. The third kappa shape index (κ3) is 5.99. The number of aryl methyl sites for hydroxylation is 1. The van der Waals surface area contributed by atoms with Gasteiger partial charge in [-0.05, 0) is 42.3 Å². The molecule has 0 aliphatic carbocycles. The summed E-state index contributed by atoms with van der Waals surface area (Å²) in [6, 6.07) is 25.0. The zero-order valence-electron chi connectivity index (χ0n) is 15.7. The van der Waals surface area contributed by atoms with Crippen LogP contribution in [-0.2, 0) is 11.4 Å². The largest absolute Gasteiger partial charge is 0.488 e. The maximum atomic E-state index is 11.9. The monoisotopic (exact) mass is 374 g/mol. The van der Waals surface area contributed by atoms with E-state index >= 15 is 0 Å². The van der Waals surface area contributed by atoms with E-state index in [-0.39, 0.29) is 12.5 Å². The number of hydrazone groups is 1. The molecule has 0 aromatic heterocycles. The third-order valence-electron chi connectivity index (χ3n) is 3.91. The van der Waals surface area contributed by atoms with Crippen molar-refractivity contribution in [1.82, 2.24) is 5.43 Å². The number of nitrogens with zero attached hydrogens (tertiary/aromatic N) is 1. The number of para-hydroxylation sites is 1. The summed E-state index contributed by atoms with van der Waals surface area (Å²) in [5.41, 5.74) is 5.39. The quantitative estimate of drug-likeness (QED) is 0.477. The predicted octanol–water partition coefficient (Wildman–Crippen LogP) is 4.10. The SMILES string of the molecule is Cc1cccc(OCC(=O)N/N=C/c2ccccc2OCc2ccccc2)c1. The molecule has 0 atom stereocenters. The van der Waals surface area contributed by atoms with E-state index < -0.39 is 0 Å². The van der Waals surface area contributed by atoms with Gasteiger partial charge in [0, 0.05) is 5.56 Å². The summed E-state index contributed by atoms with van der Waals surface area (Å²) in [7, 11) is 0. The van der Waals surface area contributed by atoms with E-state index in [0.29, 0.717) is 18.1 Å². The van der Waals surface area contributed by atoms with Crippen LogP contribution in [0.3, 0.4) is 0 Å². The molecule has 28 heavy (non-hydrogen) atoms. The maximum Gasteiger partial charge on any atom is 0.277 e. The van der Waals surface area contributed by atoms with Crippen LogP contribution in [-0.4, -0.2) is 18.7 Å². The second-order valence-corrected chi connectivity index (χ2v) is 6.21. The molecule has 3 aromatic rings. The molecular formula is C23H22N2O3. The average Bonchev–Trinajstić information content (AvgIpc) is 2.72. The van der Waals surface area contributed by atoms with Crippen LogP contribution in [0.25, 0.3) is 0 Å². The lowest BCUT2D eigenvalue weighted by atomic mass is 10.2. The Kier molecular flexibility index (Phi) is 6.79. The number of benzene rings is 3. The fraction of sp³-hybridized carbons (Fsp3) is 0.130. The number of hydrogen-bond acceptors (Lipinski definition) is 4. The van der Waals surface area contributed by atoms with Gasteiger partial charge in [0.25, 0.3) is 5.91 Å². The van der Waals surface area contributed by atoms with Crippen LogP contribution in [0.2, 0.25) is 0 Å². The first-order valence-corrected chi connectivity index (χ1v) is 8.98. The zero-order valence-corrected chi connectivity index (χ0v) is 15.7. The summed E-state index contributed by atoms with van der Waals surface area (Å²) in [5.74, 6) is 1.01. The van der Waals surface area contributed by atoms with E-state index in [1.165, 1.54) is 0 Å². The normalized spacial score (nSPS) is 10.6. The lowest BCUT2D eigenvalue weighted by Crippen LogP contribution is -2.24. The molecule has 5 heteroatoms. The van der Waals surface area contributed by atoms with E-state index in [0.717, 1.165) is 16.7 Å². The number of hydrogen-bond donors (Lipinski definition) is 1. The molecule has 0 unspecified atom stereocenters. The Bertz CT molecular complexity index is 939. The lowest BCUT2D eigenvalue weighted by molar-refractivity contribution is -0.123. The van der Waals surface area contributed by atoms with Crippen molar-refractivity contribution in [3.63, 3.8) is 0 Å². The Balaban J connectivity index is 1.51. The van der Waals surface area contributed by atoms with Gasteiger partial charge in [-0.1, -0.05) is 54.6 Å².